The molecule has 3 heterocycles. The number of carbonyl (C=O) groups is 2. The molecule has 0 atom stereocenters. The lowest BCUT2D eigenvalue weighted by Gasteiger charge is -2.36. The first-order chi connectivity index (χ1) is 16.3. The van der Waals surface area contributed by atoms with E-state index in [1.165, 1.54) is 30.9 Å². The molecule has 0 unspecified atom stereocenters. The molecule has 1 aromatic rings. The fraction of sp³-hybridized carbons (Fsp3) is 0.667. The second kappa shape index (κ2) is 10.6. The van der Waals surface area contributed by atoms with Crippen LogP contribution in [0, 0.1) is 0 Å². The van der Waals surface area contributed by atoms with Crippen LogP contribution in [0.3, 0.4) is 0 Å². The summed E-state index contributed by atoms with van der Waals surface area (Å²) < 4.78 is 26.6. The normalized spacial score (nSPS) is 20.3. The highest BCUT2D eigenvalue weighted by Gasteiger charge is 2.30. The molecule has 2 amide bonds. The molecule has 0 N–H and O–H groups in total. The summed E-state index contributed by atoms with van der Waals surface area (Å²) in [6.45, 7) is 6.16. The maximum absolute atomic E-state index is 13.6. The standard InChI is InChI=1S/C24H37N5O4S/c1-25(2)34(32,33)20-8-9-22(27-10-6-7-11-27)21(18-20)24(31)29-16-14-26(15-17-29)19-23(30)28-12-4-3-5-13-28/h8-9,18H,3-7,10-17,19H2,1-2H3. The van der Waals surface area contributed by atoms with Gasteiger partial charge in [-0.1, -0.05) is 0 Å². The van der Waals surface area contributed by atoms with Gasteiger partial charge in [-0.3, -0.25) is 14.5 Å². The van der Waals surface area contributed by atoms with Crippen molar-refractivity contribution in [2.75, 3.05) is 77.9 Å². The average Bonchev–Trinajstić information content (AvgIpc) is 3.39. The second-order valence-electron chi connectivity index (χ2n) is 9.67. The van der Waals surface area contributed by atoms with Gasteiger partial charge in [0.25, 0.3) is 5.91 Å². The number of likely N-dealkylation sites (tertiary alicyclic amines) is 1. The Kier molecular flexibility index (Phi) is 7.79. The smallest absolute Gasteiger partial charge is 0.256 e. The van der Waals surface area contributed by atoms with Crippen LogP contribution in [0.5, 0.6) is 0 Å². The Morgan fingerprint density at radius 3 is 2.06 bits per heavy atom. The molecular weight excluding hydrogens is 454 g/mol. The van der Waals surface area contributed by atoms with Gasteiger partial charge in [0, 0.05) is 72.1 Å². The highest BCUT2D eigenvalue weighted by Crippen LogP contribution is 2.29. The number of anilines is 1. The zero-order valence-corrected chi connectivity index (χ0v) is 21.2. The maximum Gasteiger partial charge on any atom is 0.256 e. The topological polar surface area (TPSA) is 84.5 Å². The molecular formula is C24H37N5O4S. The Hall–Kier alpha value is -2.17. The fourth-order valence-electron chi connectivity index (χ4n) is 5.01. The van der Waals surface area contributed by atoms with Crippen molar-refractivity contribution in [1.82, 2.24) is 19.0 Å². The van der Waals surface area contributed by atoms with Gasteiger partial charge in [-0.15, -0.1) is 0 Å². The van der Waals surface area contributed by atoms with Crippen LogP contribution < -0.4 is 4.90 Å². The molecule has 3 aliphatic heterocycles. The van der Waals surface area contributed by atoms with Crippen LogP contribution in [-0.2, 0) is 14.8 Å². The van der Waals surface area contributed by atoms with Crippen molar-refractivity contribution in [3.8, 4) is 0 Å². The van der Waals surface area contributed by atoms with E-state index >= 15 is 0 Å². The van der Waals surface area contributed by atoms with Crippen LogP contribution in [0.15, 0.2) is 23.1 Å². The molecule has 0 aliphatic carbocycles. The fourth-order valence-corrected chi connectivity index (χ4v) is 5.93. The largest absolute Gasteiger partial charge is 0.371 e. The zero-order chi connectivity index (χ0) is 24.3. The Morgan fingerprint density at radius 2 is 1.44 bits per heavy atom. The third-order valence-corrected chi connectivity index (χ3v) is 8.96. The highest BCUT2D eigenvalue weighted by atomic mass is 32.2. The quantitative estimate of drug-likeness (QED) is 0.597. The third-order valence-electron chi connectivity index (χ3n) is 7.15. The number of piperazine rings is 1. The van der Waals surface area contributed by atoms with Crippen LogP contribution in [0.1, 0.15) is 42.5 Å². The predicted octanol–water partition coefficient (Wildman–Crippen LogP) is 1.31. The third kappa shape index (κ3) is 5.39. The van der Waals surface area contributed by atoms with Gasteiger partial charge in [0.2, 0.25) is 15.9 Å². The van der Waals surface area contributed by atoms with Crippen molar-refractivity contribution in [2.45, 2.75) is 37.0 Å². The molecule has 3 aliphatic rings. The predicted molar refractivity (Wildman–Crippen MR) is 132 cm³/mol. The molecule has 3 saturated heterocycles. The molecule has 9 nitrogen and oxygen atoms in total. The molecule has 0 radical (unpaired) electrons. The number of piperidine rings is 1. The first-order valence-corrected chi connectivity index (χ1v) is 13.8. The minimum absolute atomic E-state index is 0.134. The first-order valence-electron chi connectivity index (χ1n) is 12.4. The zero-order valence-electron chi connectivity index (χ0n) is 20.4. The van der Waals surface area contributed by atoms with Crippen molar-refractivity contribution in [1.29, 1.82) is 0 Å². The van der Waals surface area contributed by atoms with Crippen molar-refractivity contribution in [3.63, 3.8) is 0 Å². The highest BCUT2D eigenvalue weighted by molar-refractivity contribution is 7.89. The van der Waals surface area contributed by atoms with Gasteiger partial charge < -0.3 is 14.7 Å². The van der Waals surface area contributed by atoms with E-state index in [2.05, 4.69) is 9.80 Å². The summed E-state index contributed by atoms with van der Waals surface area (Å²) in [6, 6.07) is 4.92. The van der Waals surface area contributed by atoms with Crippen LogP contribution in [0.4, 0.5) is 5.69 Å². The average molecular weight is 492 g/mol. The molecule has 0 saturated carbocycles. The lowest BCUT2D eigenvalue weighted by atomic mass is 10.1. The number of sulfonamides is 1. The lowest BCUT2D eigenvalue weighted by Crippen LogP contribution is -2.52. The van der Waals surface area contributed by atoms with Gasteiger partial charge in [0.15, 0.2) is 0 Å². The van der Waals surface area contributed by atoms with E-state index in [1.54, 1.807) is 17.0 Å². The van der Waals surface area contributed by atoms with Crippen LogP contribution in [0.2, 0.25) is 0 Å². The summed E-state index contributed by atoms with van der Waals surface area (Å²) in [5, 5.41) is 0. The van der Waals surface area contributed by atoms with Crippen molar-refractivity contribution < 1.29 is 18.0 Å². The van der Waals surface area contributed by atoms with Gasteiger partial charge in [-0.05, 0) is 50.3 Å². The van der Waals surface area contributed by atoms with E-state index in [4.69, 9.17) is 0 Å². The number of benzene rings is 1. The number of hydrogen-bond acceptors (Lipinski definition) is 6. The number of nitrogens with zero attached hydrogens (tertiary/aromatic N) is 5. The van der Waals surface area contributed by atoms with Crippen molar-refractivity contribution in [3.05, 3.63) is 23.8 Å². The molecule has 4 rings (SSSR count). The summed E-state index contributed by atoms with van der Waals surface area (Å²) in [5.41, 5.74) is 1.26. The number of hydrogen-bond donors (Lipinski definition) is 0. The van der Waals surface area contributed by atoms with E-state index in [0.717, 1.165) is 57.5 Å². The maximum atomic E-state index is 13.6. The second-order valence-corrected chi connectivity index (χ2v) is 11.8. The lowest BCUT2D eigenvalue weighted by molar-refractivity contribution is -0.133. The van der Waals surface area contributed by atoms with Gasteiger partial charge >= 0.3 is 0 Å². The molecule has 188 valence electrons. The minimum Gasteiger partial charge on any atom is -0.371 e. The summed E-state index contributed by atoms with van der Waals surface area (Å²) in [5.74, 6) is 0.0390. The minimum atomic E-state index is -3.64. The van der Waals surface area contributed by atoms with E-state index < -0.39 is 10.0 Å². The molecule has 10 heteroatoms. The molecule has 34 heavy (non-hydrogen) atoms. The molecule has 3 fully saturated rings. The van der Waals surface area contributed by atoms with E-state index in [0.29, 0.717) is 38.3 Å². The van der Waals surface area contributed by atoms with Gasteiger partial charge in [0.1, 0.15) is 0 Å². The van der Waals surface area contributed by atoms with Crippen molar-refractivity contribution >= 4 is 27.5 Å². The number of amides is 2. The number of carbonyl (C=O) groups excluding carboxylic acids is 2. The summed E-state index contributed by atoms with van der Waals surface area (Å²) in [7, 11) is -0.652. The SMILES string of the molecule is CN(C)S(=O)(=O)c1ccc(N2CCCC2)c(C(=O)N2CCN(CC(=O)N3CCCCC3)CC2)c1. The van der Waals surface area contributed by atoms with Gasteiger partial charge in [-0.25, -0.2) is 12.7 Å². The molecule has 0 spiro atoms. The van der Waals surface area contributed by atoms with Crippen LogP contribution >= 0.6 is 0 Å². The summed E-state index contributed by atoms with van der Waals surface area (Å²) in [6.07, 6.45) is 5.48. The Balaban J connectivity index is 1.47. The number of rotatable bonds is 6. The van der Waals surface area contributed by atoms with E-state index in [9.17, 15) is 18.0 Å². The molecule has 0 bridgehead atoms. The first kappa shape index (κ1) is 24.9. The van der Waals surface area contributed by atoms with Crippen LogP contribution in [0.25, 0.3) is 0 Å². The Morgan fingerprint density at radius 1 is 0.824 bits per heavy atom. The Bertz CT molecular complexity index is 993. The Labute approximate surface area is 203 Å². The van der Waals surface area contributed by atoms with Crippen LogP contribution in [-0.4, -0.2) is 112 Å². The summed E-state index contributed by atoms with van der Waals surface area (Å²) in [4.78, 5) is 34.4. The monoisotopic (exact) mass is 491 g/mol. The molecule has 0 aromatic heterocycles. The van der Waals surface area contributed by atoms with Gasteiger partial charge in [-0.2, -0.15) is 0 Å². The van der Waals surface area contributed by atoms with Gasteiger partial charge in [0.05, 0.1) is 17.0 Å². The van der Waals surface area contributed by atoms with E-state index in [-0.39, 0.29) is 16.7 Å². The summed E-state index contributed by atoms with van der Waals surface area (Å²) >= 11 is 0. The molecule has 1 aromatic carbocycles. The van der Waals surface area contributed by atoms with E-state index in [1.807, 2.05) is 4.90 Å². The van der Waals surface area contributed by atoms with Crippen molar-refractivity contribution in [2.24, 2.45) is 0 Å².